The van der Waals surface area contributed by atoms with E-state index in [2.05, 4.69) is 22.9 Å². The average molecular weight is 295 g/mol. The van der Waals surface area contributed by atoms with Gasteiger partial charge >= 0.3 is 5.97 Å². The molecule has 2 atom stereocenters. The van der Waals surface area contributed by atoms with Crippen LogP contribution >= 0.6 is 15.9 Å². The van der Waals surface area contributed by atoms with Crippen molar-refractivity contribution in [3.8, 4) is 0 Å². The van der Waals surface area contributed by atoms with E-state index in [-0.39, 0.29) is 5.97 Å². The van der Waals surface area contributed by atoms with Crippen LogP contribution in [0.25, 0.3) is 0 Å². The van der Waals surface area contributed by atoms with Crippen LogP contribution in [0.15, 0.2) is 0 Å². The van der Waals surface area contributed by atoms with Gasteiger partial charge in [-0.2, -0.15) is 0 Å². The smallest absolute Gasteiger partial charge is 0.322 e. The molecule has 0 aromatic rings. The number of ether oxygens (including phenoxy) is 1. The van der Waals surface area contributed by atoms with Crippen molar-refractivity contribution < 1.29 is 14.6 Å². The Morgan fingerprint density at radius 2 is 1.88 bits per heavy atom. The van der Waals surface area contributed by atoms with Crippen molar-refractivity contribution in [1.29, 1.82) is 0 Å². The van der Waals surface area contributed by atoms with Gasteiger partial charge in [0.15, 0.2) is 0 Å². The van der Waals surface area contributed by atoms with Crippen molar-refractivity contribution in [2.24, 2.45) is 0 Å². The molecule has 0 spiro atoms. The van der Waals surface area contributed by atoms with E-state index in [1.54, 1.807) is 6.92 Å². The summed E-state index contributed by atoms with van der Waals surface area (Å²) in [5.74, 6) is -0.372. The minimum absolute atomic E-state index is 0.351. The van der Waals surface area contributed by atoms with E-state index in [0.29, 0.717) is 13.0 Å². The summed E-state index contributed by atoms with van der Waals surface area (Å²) in [5, 5.41) is 9.72. The predicted octanol–water partition coefficient (Wildman–Crippen LogP) is 3.03. The maximum Gasteiger partial charge on any atom is 0.322 e. The summed E-state index contributed by atoms with van der Waals surface area (Å²) >= 11 is 3.17. The van der Waals surface area contributed by atoms with E-state index >= 15 is 0 Å². The first-order valence-corrected chi connectivity index (χ1v) is 7.03. The minimum atomic E-state index is -0.638. The standard InChI is InChI=1S/C12H23BrO3/c1-3-5-6-7-8-9-10(14)11(13)12(15)16-4-2/h10-11,14H,3-9H2,1-2H3/t10-,11-/m0/s1. The van der Waals surface area contributed by atoms with Crippen LogP contribution in [-0.2, 0) is 9.53 Å². The Balaban J connectivity index is 3.62. The van der Waals surface area contributed by atoms with E-state index in [1.807, 2.05) is 0 Å². The molecule has 0 aromatic carbocycles. The number of carbonyl (C=O) groups is 1. The Bertz CT molecular complexity index is 185. The van der Waals surface area contributed by atoms with Crippen LogP contribution in [0.1, 0.15) is 52.4 Å². The number of carbonyl (C=O) groups excluding carboxylic acids is 1. The highest BCUT2D eigenvalue weighted by Crippen LogP contribution is 2.15. The SMILES string of the molecule is CCCCCCC[C@H](O)[C@H](Br)C(=O)OCC. The molecule has 3 nitrogen and oxygen atoms in total. The lowest BCUT2D eigenvalue weighted by molar-refractivity contribution is -0.144. The van der Waals surface area contributed by atoms with Crippen LogP contribution in [0.3, 0.4) is 0 Å². The van der Waals surface area contributed by atoms with Crippen molar-refractivity contribution in [1.82, 2.24) is 0 Å². The van der Waals surface area contributed by atoms with Gasteiger partial charge in [-0.3, -0.25) is 4.79 Å². The zero-order chi connectivity index (χ0) is 12.4. The molecule has 0 bridgehead atoms. The van der Waals surface area contributed by atoms with Crippen LogP contribution in [0.5, 0.6) is 0 Å². The normalized spacial score (nSPS) is 14.5. The molecule has 0 aliphatic rings. The summed E-state index contributed by atoms with van der Waals surface area (Å²) in [5.41, 5.74) is 0. The lowest BCUT2D eigenvalue weighted by Crippen LogP contribution is -2.30. The molecule has 96 valence electrons. The monoisotopic (exact) mass is 294 g/mol. The van der Waals surface area contributed by atoms with Gasteiger partial charge in [0.25, 0.3) is 0 Å². The maximum atomic E-state index is 11.3. The van der Waals surface area contributed by atoms with E-state index in [4.69, 9.17) is 4.74 Å². The minimum Gasteiger partial charge on any atom is -0.465 e. The van der Waals surface area contributed by atoms with Crippen LogP contribution < -0.4 is 0 Å². The number of halogens is 1. The molecular weight excluding hydrogens is 272 g/mol. The molecule has 0 heterocycles. The second-order valence-electron chi connectivity index (χ2n) is 3.92. The summed E-state index contributed by atoms with van der Waals surface area (Å²) in [6.07, 6.45) is 5.75. The topological polar surface area (TPSA) is 46.5 Å². The van der Waals surface area contributed by atoms with Gasteiger partial charge in [-0.15, -0.1) is 0 Å². The second-order valence-corrected chi connectivity index (χ2v) is 4.91. The molecule has 0 saturated heterocycles. The third-order valence-electron chi connectivity index (χ3n) is 2.45. The number of esters is 1. The molecule has 0 radical (unpaired) electrons. The van der Waals surface area contributed by atoms with E-state index in [1.165, 1.54) is 19.3 Å². The van der Waals surface area contributed by atoms with Crippen LogP contribution in [0, 0.1) is 0 Å². The van der Waals surface area contributed by atoms with Gasteiger partial charge in [0.1, 0.15) is 4.83 Å². The molecule has 0 aromatic heterocycles. The molecule has 4 heteroatoms. The molecule has 0 amide bonds. The highest BCUT2D eigenvalue weighted by molar-refractivity contribution is 9.10. The fraction of sp³-hybridized carbons (Fsp3) is 0.917. The molecule has 0 aliphatic carbocycles. The van der Waals surface area contributed by atoms with Gasteiger partial charge < -0.3 is 9.84 Å². The number of alkyl halides is 1. The zero-order valence-electron chi connectivity index (χ0n) is 10.2. The first kappa shape index (κ1) is 15.9. The number of rotatable bonds is 9. The van der Waals surface area contributed by atoms with Crippen molar-refractivity contribution in [2.75, 3.05) is 6.61 Å². The lowest BCUT2D eigenvalue weighted by Gasteiger charge is -2.15. The summed E-state index contributed by atoms with van der Waals surface area (Å²) in [6, 6.07) is 0. The van der Waals surface area contributed by atoms with E-state index < -0.39 is 10.9 Å². The van der Waals surface area contributed by atoms with Crippen molar-refractivity contribution in [3.05, 3.63) is 0 Å². The number of hydrogen-bond acceptors (Lipinski definition) is 3. The summed E-state index contributed by atoms with van der Waals surface area (Å²) in [7, 11) is 0. The molecule has 0 rings (SSSR count). The number of unbranched alkanes of at least 4 members (excludes halogenated alkanes) is 4. The van der Waals surface area contributed by atoms with E-state index in [9.17, 15) is 9.90 Å². The summed E-state index contributed by atoms with van der Waals surface area (Å²) < 4.78 is 4.82. The van der Waals surface area contributed by atoms with Gasteiger partial charge in [0.2, 0.25) is 0 Å². The van der Waals surface area contributed by atoms with Gasteiger partial charge in [-0.1, -0.05) is 55.0 Å². The van der Waals surface area contributed by atoms with Crippen LogP contribution in [-0.4, -0.2) is 28.6 Å². The molecule has 1 N–H and O–H groups in total. The zero-order valence-corrected chi connectivity index (χ0v) is 11.8. The van der Waals surface area contributed by atoms with Gasteiger partial charge in [0, 0.05) is 0 Å². The lowest BCUT2D eigenvalue weighted by atomic mass is 10.1. The highest BCUT2D eigenvalue weighted by Gasteiger charge is 2.24. The first-order valence-electron chi connectivity index (χ1n) is 6.12. The molecule has 0 saturated carbocycles. The Kier molecular flexibility index (Phi) is 10.0. The van der Waals surface area contributed by atoms with Crippen molar-refractivity contribution in [2.45, 2.75) is 63.3 Å². The van der Waals surface area contributed by atoms with Crippen LogP contribution in [0.4, 0.5) is 0 Å². The second kappa shape index (κ2) is 10.1. The molecule has 0 unspecified atom stereocenters. The molecule has 0 fully saturated rings. The third kappa shape index (κ3) is 7.23. The summed E-state index contributed by atoms with van der Waals surface area (Å²) in [6.45, 7) is 4.28. The van der Waals surface area contributed by atoms with Gasteiger partial charge in [-0.05, 0) is 13.3 Å². The van der Waals surface area contributed by atoms with E-state index in [0.717, 1.165) is 12.8 Å². The van der Waals surface area contributed by atoms with Crippen molar-refractivity contribution in [3.63, 3.8) is 0 Å². The largest absolute Gasteiger partial charge is 0.465 e. The van der Waals surface area contributed by atoms with Crippen molar-refractivity contribution >= 4 is 21.9 Å². The molecular formula is C12H23BrO3. The maximum absolute atomic E-state index is 11.3. The summed E-state index contributed by atoms with van der Waals surface area (Å²) in [4.78, 5) is 10.7. The quantitative estimate of drug-likeness (QED) is 0.404. The highest BCUT2D eigenvalue weighted by atomic mass is 79.9. The molecule has 16 heavy (non-hydrogen) atoms. The predicted molar refractivity (Wildman–Crippen MR) is 68.7 cm³/mol. The average Bonchev–Trinajstić information content (AvgIpc) is 2.27. The van der Waals surface area contributed by atoms with Gasteiger partial charge in [0.05, 0.1) is 12.7 Å². The Hall–Kier alpha value is -0.0900. The number of aliphatic hydroxyl groups is 1. The number of hydrogen-bond donors (Lipinski definition) is 1. The Labute approximate surface area is 107 Å². The fourth-order valence-corrected chi connectivity index (χ4v) is 1.88. The first-order chi connectivity index (χ1) is 7.63. The van der Waals surface area contributed by atoms with Gasteiger partial charge in [-0.25, -0.2) is 0 Å². The molecule has 0 aliphatic heterocycles. The third-order valence-corrected chi connectivity index (χ3v) is 3.44. The Morgan fingerprint density at radius 1 is 1.25 bits per heavy atom. The Morgan fingerprint density at radius 3 is 2.44 bits per heavy atom. The fourth-order valence-electron chi connectivity index (χ4n) is 1.48. The van der Waals surface area contributed by atoms with Crippen LogP contribution in [0.2, 0.25) is 0 Å². The number of aliphatic hydroxyl groups excluding tert-OH is 1.